The molecule has 106 valence electrons. The Morgan fingerprint density at radius 1 is 0.905 bits per heavy atom. The molecule has 1 N–H and O–H groups in total. The van der Waals surface area contributed by atoms with E-state index < -0.39 is 0 Å². The number of nitrogens with one attached hydrogen (secondary N) is 1. The maximum atomic E-state index is 3.56. The van der Waals surface area contributed by atoms with Crippen molar-refractivity contribution in [3.8, 4) is 0 Å². The molecule has 0 aliphatic carbocycles. The van der Waals surface area contributed by atoms with Gasteiger partial charge in [0.25, 0.3) is 0 Å². The topological polar surface area (TPSA) is 12.0 Å². The third-order valence-corrected chi connectivity index (χ3v) is 7.97. The van der Waals surface area contributed by atoms with Gasteiger partial charge in [-0.15, -0.1) is 0 Å². The van der Waals surface area contributed by atoms with Crippen LogP contribution in [0.5, 0.6) is 0 Å². The molecule has 4 rings (SSSR count). The first-order valence-corrected chi connectivity index (χ1v) is 10.8. The van der Waals surface area contributed by atoms with E-state index in [0.717, 1.165) is 0 Å². The van der Waals surface area contributed by atoms with Crippen molar-refractivity contribution < 1.29 is 0 Å². The van der Waals surface area contributed by atoms with Crippen LogP contribution in [0.1, 0.15) is 22.1 Å². The number of thiophene rings is 2. The second kappa shape index (κ2) is 5.97. The molecule has 0 bridgehead atoms. The SMILES string of the molecule is c1ccc([Se]CCC2c3sccc3Nc3ccsc32)cc1. The van der Waals surface area contributed by atoms with Gasteiger partial charge in [0.1, 0.15) is 0 Å². The van der Waals surface area contributed by atoms with Gasteiger partial charge in [-0.2, -0.15) is 0 Å². The van der Waals surface area contributed by atoms with E-state index in [1.807, 2.05) is 22.7 Å². The molecule has 0 amide bonds. The first-order valence-electron chi connectivity index (χ1n) is 7.01. The van der Waals surface area contributed by atoms with Crippen LogP contribution in [0.4, 0.5) is 11.4 Å². The predicted octanol–water partition coefficient (Wildman–Crippen LogP) is 4.84. The molecule has 0 saturated heterocycles. The van der Waals surface area contributed by atoms with Gasteiger partial charge in [0.2, 0.25) is 0 Å². The van der Waals surface area contributed by atoms with Crippen LogP contribution in [-0.4, -0.2) is 15.0 Å². The zero-order valence-electron chi connectivity index (χ0n) is 11.4. The Labute approximate surface area is 139 Å². The molecule has 1 nitrogen and oxygen atoms in total. The molecule has 1 aliphatic heterocycles. The average molecular weight is 376 g/mol. The summed E-state index contributed by atoms with van der Waals surface area (Å²) in [5.74, 6) is 0.599. The van der Waals surface area contributed by atoms with Crippen LogP contribution in [0, 0.1) is 0 Å². The Hall–Kier alpha value is -1.06. The third kappa shape index (κ3) is 2.69. The molecule has 0 saturated carbocycles. The number of benzene rings is 1. The van der Waals surface area contributed by atoms with E-state index in [1.54, 1.807) is 0 Å². The third-order valence-electron chi connectivity index (χ3n) is 3.71. The molecule has 0 unspecified atom stereocenters. The van der Waals surface area contributed by atoms with Gasteiger partial charge in [-0.3, -0.25) is 0 Å². The van der Waals surface area contributed by atoms with Gasteiger partial charge in [-0.25, -0.2) is 0 Å². The van der Waals surface area contributed by atoms with Crippen LogP contribution in [0.3, 0.4) is 0 Å². The zero-order valence-corrected chi connectivity index (χ0v) is 14.8. The Morgan fingerprint density at radius 3 is 2.24 bits per heavy atom. The van der Waals surface area contributed by atoms with E-state index in [0.29, 0.717) is 20.9 Å². The molecule has 0 atom stereocenters. The van der Waals surface area contributed by atoms with E-state index >= 15 is 0 Å². The minimum atomic E-state index is 0.584. The van der Waals surface area contributed by atoms with Crippen LogP contribution in [-0.2, 0) is 0 Å². The first-order chi connectivity index (χ1) is 10.4. The van der Waals surface area contributed by atoms with Crippen LogP contribution in [0.15, 0.2) is 53.2 Å². The molecule has 3 heterocycles. The fraction of sp³-hybridized carbons (Fsp3) is 0.176. The van der Waals surface area contributed by atoms with Crippen molar-refractivity contribution in [3.05, 3.63) is 63.0 Å². The van der Waals surface area contributed by atoms with Crippen LogP contribution in [0.2, 0.25) is 5.32 Å². The van der Waals surface area contributed by atoms with Gasteiger partial charge in [-0.05, 0) is 0 Å². The Kier molecular flexibility index (Phi) is 3.87. The van der Waals surface area contributed by atoms with Crippen molar-refractivity contribution in [1.29, 1.82) is 0 Å². The number of hydrogen-bond donors (Lipinski definition) is 1. The molecule has 3 aromatic rings. The molecule has 0 radical (unpaired) electrons. The summed E-state index contributed by atoms with van der Waals surface area (Å²) in [5.41, 5.74) is 2.64. The first kappa shape index (κ1) is 13.6. The summed E-state index contributed by atoms with van der Waals surface area (Å²) in [6.45, 7) is 0. The van der Waals surface area contributed by atoms with Gasteiger partial charge < -0.3 is 0 Å². The van der Waals surface area contributed by atoms with Crippen molar-refractivity contribution in [2.75, 3.05) is 5.32 Å². The minimum absolute atomic E-state index is 0.584. The van der Waals surface area contributed by atoms with Gasteiger partial charge in [0.15, 0.2) is 0 Å². The van der Waals surface area contributed by atoms with Crippen molar-refractivity contribution in [2.24, 2.45) is 0 Å². The summed E-state index contributed by atoms with van der Waals surface area (Å²) >= 11 is 4.38. The molecule has 1 aromatic carbocycles. The molecule has 0 fully saturated rings. The van der Waals surface area contributed by atoms with Crippen LogP contribution < -0.4 is 9.78 Å². The average Bonchev–Trinajstić information content (AvgIpc) is 3.16. The normalized spacial score (nSPS) is 13.5. The standard InChI is InChI=1S/C17H15NS2Se/c1-2-4-12(5-3-1)21-11-8-13-16-14(6-9-19-16)18-15-7-10-20-17(13)15/h1-7,9-10,13,18H,8,11H2. The molecule has 2 aromatic heterocycles. The van der Waals surface area contributed by atoms with Crippen molar-refractivity contribution in [3.63, 3.8) is 0 Å². The number of rotatable bonds is 4. The molecular weight excluding hydrogens is 361 g/mol. The summed E-state index contributed by atoms with van der Waals surface area (Å²) in [4.78, 5) is 3.04. The van der Waals surface area contributed by atoms with Gasteiger partial charge in [-0.1, -0.05) is 0 Å². The fourth-order valence-electron chi connectivity index (χ4n) is 2.73. The van der Waals surface area contributed by atoms with Crippen molar-refractivity contribution >= 4 is 53.5 Å². The van der Waals surface area contributed by atoms with E-state index in [2.05, 4.69) is 58.5 Å². The second-order valence-electron chi connectivity index (χ2n) is 5.02. The quantitative estimate of drug-likeness (QED) is 0.643. The van der Waals surface area contributed by atoms with E-state index in [4.69, 9.17) is 0 Å². The molecule has 4 heteroatoms. The molecule has 1 aliphatic rings. The summed E-state index contributed by atoms with van der Waals surface area (Å²) in [6, 6.07) is 15.4. The summed E-state index contributed by atoms with van der Waals surface area (Å²) in [5, 5.41) is 9.29. The Bertz CT molecular complexity index is 692. The fourth-order valence-corrected chi connectivity index (χ4v) is 6.76. The maximum absolute atomic E-state index is 3.56. The van der Waals surface area contributed by atoms with Gasteiger partial charge in [0, 0.05) is 0 Å². The summed E-state index contributed by atoms with van der Waals surface area (Å²) < 4.78 is 1.51. The van der Waals surface area contributed by atoms with E-state index in [-0.39, 0.29) is 0 Å². The predicted molar refractivity (Wildman–Crippen MR) is 95.0 cm³/mol. The van der Waals surface area contributed by atoms with Crippen molar-refractivity contribution in [2.45, 2.75) is 17.7 Å². The zero-order chi connectivity index (χ0) is 14.1. The Balaban J connectivity index is 1.52. The van der Waals surface area contributed by atoms with Gasteiger partial charge >= 0.3 is 139 Å². The number of fused-ring (bicyclic) bond motifs is 2. The molecule has 0 spiro atoms. The van der Waals surface area contributed by atoms with E-state index in [9.17, 15) is 0 Å². The monoisotopic (exact) mass is 377 g/mol. The van der Waals surface area contributed by atoms with E-state index in [1.165, 1.54) is 37.3 Å². The number of hydrogen-bond acceptors (Lipinski definition) is 3. The van der Waals surface area contributed by atoms with Crippen LogP contribution in [0.25, 0.3) is 0 Å². The summed E-state index contributed by atoms with van der Waals surface area (Å²) in [7, 11) is 0. The Morgan fingerprint density at radius 2 is 1.57 bits per heavy atom. The van der Waals surface area contributed by atoms with Crippen LogP contribution >= 0.6 is 22.7 Å². The molecule has 21 heavy (non-hydrogen) atoms. The molecular formula is C17H15NS2Se. The second-order valence-corrected chi connectivity index (χ2v) is 9.37. The van der Waals surface area contributed by atoms with Crippen molar-refractivity contribution in [1.82, 2.24) is 0 Å². The number of anilines is 2. The summed E-state index contributed by atoms with van der Waals surface area (Å²) in [6.07, 6.45) is 1.26. The van der Waals surface area contributed by atoms with Gasteiger partial charge in [0.05, 0.1) is 0 Å².